The summed E-state index contributed by atoms with van der Waals surface area (Å²) in [5, 5.41) is 15.3. The van der Waals surface area contributed by atoms with Crippen LogP contribution >= 0.6 is 7.75 Å². The second-order valence-electron chi connectivity index (χ2n) is 8.19. The van der Waals surface area contributed by atoms with Gasteiger partial charge in [-0.2, -0.15) is 5.09 Å². The lowest BCUT2D eigenvalue weighted by atomic mass is 10.1. The van der Waals surface area contributed by atoms with Crippen LogP contribution in [0.3, 0.4) is 0 Å². The average Bonchev–Trinajstić information content (AvgIpc) is 3.06. The molecule has 6 atom stereocenters. The molecule has 0 spiro atoms. The Balaban J connectivity index is 1.72. The van der Waals surface area contributed by atoms with Crippen molar-refractivity contribution in [1.29, 1.82) is 0 Å². The van der Waals surface area contributed by atoms with E-state index in [1.165, 1.54) is 30.2 Å². The largest absolute Gasteiger partial charge is 0.462 e. The Labute approximate surface area is 202 Å². The van der Waals surface area contributed by atoms with Gasteiger partial charge in [0.25, 0.3) is 5.91 Å². The summed E-state index contributed by atoms with van der Waals surface area (Å²) in [5.74, 6) is -0.863. The Kier molecular flexibility index (Phi) is 8.68. The highest BCUT2D eigenvalue weighted by atomic mass is 31.2. The molecular weight excluding hydrogens is 484 g/mol. The highest BCUT2D eigenvalue weighted by Crippen LogP contribution is 2.46. The fourth-order valence-corrected chi connectivity index (χ4v) is 4.80. The predicted molar refractivity (Wildman–Crippen MR) is 122 cm³/mol. The van der Waals surface area contributed by atoms with Crippen LogP contribution in [0.5, 0.6) is 5.75 Å². The number of aliphatic hydroxyl groups is 1. The van der Waals surface area contributed by atoms with E-state index < -0.39 is 63.0 Å². The van der Waals surface area contributed by atoms with Crippen LogP contribution in [0.15, 0.2) is 55.0 Å². The molecular formula is C22H29FN3O8P. The van der Waals surface area contributed by atoms with Gasteiger partial charge in [0, 0.05) is 12.3 Å². The number of hydrogen-bond acceptors (Lipinski definition) is 9. The zero-order valence-electron chi connectivity index (χ0n) is 19.5. The standard InChI is InChI=1S/C22H29FN3O8P/c1-13(2)32-22(29)14(3)25-35(30,34-16-8-6-5-7-9-16)31-12-17-20(28)19(23)21(33-17)26-11-10-18(27)24-15(26)4/h5-11,13-14,17,19-21,28H,4,12H2,1-3H3,(H,24,27)(H,25,30)/t14-,17+,19+,20+,21+,35-/m0/s1. The van der Waals surface area contributed by atoms with Gasteiger partial charge in [0.1, 0.15) is 29.8 Å². The molecule has 1 saturated heterocycles. The third-order valence-electron chi connectivity index (χ3n) is 4.97. The van der Waals surface area contributed by atoms with Crippen LogP contribution in [0, 0.1) is 0 Å². The first-order valence-electron chi connectivity index (χ1n) is 10.9. The Bertz CT molecular complexity index is 1010. The number of halogens is 1. The first kappa shape index (κ1) is 26.8. The molecule has 35 heavy (non-hydrogen) atoms. The number of hydrogen-bond donors (Lipinski definition) is 3. The molecule has 2 aliphatic heterocycles. The Hall–Kier alpha value is -2.76. The van der Waals surface area contributed by atoms with Crippen LogP contribution < -0.4 is 14.9 Å². The highest BCUT2D eigenvalue weighted by molar-refractivity contribution is 7.52. The molecule has 1 aromatic carbocycles. The van der Waals surface area contributed by atoms with Crippen molar-refractivity contribution < 1.29 is 42.2 Å². The second-order valence-corrected chi connectivity index (χ2v) is 9.89. The molecule has 3 rings (SSSR count). The number of esters is 1. The molecule has 2 aliphatic rings. The maximum Gasteiger partial charge on any atom is 0.459 e. The van der Waals surface area contributed by atoms with Crippen molar-refractivity contribution in [2.45, 2.75) is 57.5 Å². The maximum atomic E-state index is 14.9. The molecule has 0 aromatic heterocycles. The zero-order valence-corrected chi connectivity index (χ0v) is 20.4. The number of benzene rings is 1. The van der Waals surface area contributed by atoms with Gasteiger partial charge in [-0.1, -0.05) is 24.8 Å². The summed E-state index contributed by atoms with van der Waals surface area (Å²) >= 11 is 0. The number of para-hydroxylation sites is 1. The predicted octanol–water partition coefficient (Wildman–Crippen LogP) is 1.96. The summed E-state index contributed by atoms with van der Waals surface area (Å²) in [5.41, 5.74) is 0. The zero-order chi connectivity index (χ0) is 25.8. The fraction of sp³-hybridized carbons (Fsp3) is 0.455. The molecule has 1 fully saturated rings. The van der Waals surface area contributed by atoms with Crippen LogP contribution in [0.1, 0.15) is 20.8 Å². The number of rotatable bonds is 10. The first-order valence-corrected chi connectivity index (χ1v) is 12.4. The monoisotopic (exact) mass is 513 g/mol. The van der Waals surface area contributed by atoms with Crippen molar-refractivity contribution >= 4 is 19.6 Å². The number of nitrogens with one attached hydrogen (secondary N) is 2. The summed E-state index contributed by atoms with van der Waals surface area (Å²) in [7, 11) is -4.23. The van der Waals surface area contributed by atoms with Crippen molar-refractivity contribution in [1.82, 2.24) is 15.3 Å². The first-order chi connectivity index (χ1) is 16.5. The van der Waals surface area contributed by atoms with Gasteiger partial charge in [-0.05, 0) is 32.9 Å². The van der Waals surface area contributed by atoms with Gasteiger partial charge in [0.15, 0.2) is 12.4 Å². The summed E-state index contributed by atoms with van der Waals surface area (Å²) in [6.45, 7) is 7.86. The van der Waals surface area contributed by atoms with E-state index in [9.17, 15) is 23.7 Å². The highest BCUT2D eigenvalue weighted by Gasteiger charge is 2.48. The molecule has 0 radical (unpaired) electrons. The average molecular weight is 513 g/mol. The van der Waals surface area contributed by atoms with E-state index in [-0.39, 0.29) is 11.6 Å². The summed E-state index contributed by atoms with van der Waals surface area (Å²) in [6.07, 6.45) is -4.07. The van der Waals surface area contributed by atoms with Crippen LogP contribution in [0.2, 0.25) is 0 Å². The lowest BCUT2D eigenvalue weighted by Gasteiger charge is -2.31. The van der Waals surface area contributed by atoms with Gasteiger partial charge in [-0.3, -0.25) is 14.1 Å². The van der Waals surface area contributed by atoms with E-state index in [0.717, 1.165) is 6.08 Å². The van der Waals surface area contributed by atoms with Crippen molar-refractivity contribution in [2.75, 3.05) is 6.61 Å². The van der Waals surface area contributed by atoms with E-state index in [0.29, 0.717) is 0 Å². The summed E-state index contributed by atoms with van der Waals surface area (Å²) < 4.78 is 50.1. The SMILES string of the molecule is C=C1NC(=O)C=CN1[C@@H]1O[C@H](CO[P@@](=O)(N[C@@H](C)C(=O)OC(C)C)Oc2ccccc2)[C@@H](O)[C@H]1F. The van der Waals surface area contributed by atoms with E-state index >= 15 is 0 Å². The number of nitrogens with zero attached hydrogens (tertiary/aromatic N) is 1. The molecule has 192 valence electrons. The lowest BCUT2D eigenvalue weighted by molar-refractivity contribution is -0.149. The summed E-state index contributed by atoms with van der Waals surface area (Å²) in [6, 6.07) is 7.02. The number of aliphatic hydroxyl groups excluding tert-OH is 1. The second kappa shape index (κ2) is 11.3. The number of carbonyl (C=O) groups excluding carboxylic acids is 2. The molecule has 2 heterocycles. The van der Waals surface area contributed by atoms with Crippen LogP contribution in [-0.2, 0) is 28.2 Å². The van der Waals surface area contributed by atoms with Crippen LogP contribution in [0.25, 0.3) is 0 Å². The normalized spacial score (nSPS) is 26.9. The third-order valence-corrected chi connectivity index (χ3v) is 6.61. The molecule has 13 heteroatoms. The summed E-state index contributed by atoms with van der Waals surface area (Å²) in [4.78, 5) is 24.9. The quantitative estimate of drug-likeness (QED) is 0.315. The molecule has 0 unspecified atom stereocenters. The van der Waals surface area contributed by atoms with Gasteiger partial charge in [0.05, 0.1) is 12.7 Å². The number of amides is 1. The van der Waals surface area contributed by atoms with Crippen molar-refractivity contribution in [3.8, 4) is 5.75 Å². The van der Waals surface area contributed by atoms with Gasteiger partial charge < -0.3 is 29.3 Å². The van der Waals surface area contributed by atoms with E-state index in [4.69, 9.17) is 18.5 Å². The minimum absolute atomic E-state index is 0.0659. The number of ether oxygens (including phenoxy) is 2. The van der Waals surface area contributed by atoms with E-state index in [1.807, 2.05) is 0 Å². The minimum Gasteiger partial charge on any atom is -0.462 e. The number of alkyl halides is 1. The van der Waals surface area contributed by atoms with Crippen molar-refractivity contribution in [2.24, 2.45) is 0 Å². The minimum atomic E-state index is -4.23. The Morgan fingerprint density at radius 2 is 2.03 bits per heavy atom. The Morgan fingerprint density at radius 3 is 2.66 bits per heavy atom. The fourth-order valence-electron chi connectivity index (χ4n) is 3.30. The smallest absolute Gasteiger partial charge is 0.459 e. The van der Waals surface area contributed by atoms with Crippen molar-refractivity contribution in [3.05, 3.63) is 55.0 Å². The topological polar surface area (TPSA) is 136 Å². The number of carbonyl (C=O) groups is 2. The molecule has 11 nitrogen and oxygen atoms in total. The third kappa shape index (κ3) is 6.89. The van der Waals surface area contributed by atoms with Gasteiger partial charge in [0.2, 0.25) is 0 Å². The molecule has 1 aromatic rings. The van der Waals surface area contributed by atoms with Gasteiger partial charge in [-0.25, -0.2) is 8.96 Å². The molecule has 3 N–H and O–H groups in total. The van der Waals surface area contributed by atoms with Gasteiger partial charge >= 0.3 is 13.7 Å². The van der Waals surface area contributed by atoms with Crippen LogP contribution in [0.4, 0.5) is 4.39 Å². The lowest BCUT2D eigenvalue weighted by Crippen LogP contribution is -2.45. The molecule has 0 bridgehead atoms. The Morgan fingerprint density at radius 1 is 1.34 bits per heavy atom. The molecule has 0 aliphatic carbocycles. The molecule has 1 amide bonds. The van der Waals surface area contributed by atoms with Crippen LogP contribution in [-0.4, -0.2) is 65.2 Å². The molecule has 0 saturated carbocycles. The van der Waals surface area contributed by atoms with Crippen molar-refractivity contribution in [3.63, 3.8) is 0 Å². The van der Waals surface area contributed by atoms with Gasteiger partial charge in [-0.15, -0.1) is 0 Å². The van der Waals surface area contributed by atoms with E-state index in [1.54, 1.807) is 32.0 Å². The van der Waals surface area contributed by atoms with E-state index in [2.05, 4.69) is 17.0 Å². The maximum absolute atomic E-state index is 14.9.